The second kappa shape index (κ2) is 8.87. The summed E-state index contributed by atoms with van der Waals surface area (Å²) in [6, 6.07) is 16.5. The number of amides is 1. The van der Waals surface area contributed by atoms with Crippen molar-refractivity contribution < 1.29 is 4.79 Å². The van der Waals surface area contributed by atoms with Gasteiger partial charge in [-0.1, -0.05) is 68.2 Å². The lowest BCUT2D eigenvalue weighted by atomic mass is 9.87. The average molecular weight is 451 g/mol. The van der Waals surface area contributed by atoms with E-state index in [0.717, 1.165) is 17.3 Å². The van der Waals surface area contributed by atoms with Crippen LogP contribution in [0.2, 0.25) is 10.2 Å². The van der Waals surface area contributed by atoms with Gasteiger partial charge in [-0.05, 0) is 52.3 Å². The van der Waals surface area contributed by atoms with Crippen LogP contribution in [0, 0.1) is 0 Å². The molecule has 3 rings (SSSR count). The van der Waals surface area contributed by atoms with Gasteiger partial charge in [0, 0.05) is 16.3 Å². The van der Waals surface area contributed by atoms with Gasteiger partial charge in [0.1, 0.15) is 9.90 Å². The molecule has 0 aliphatic rings. The van der Waals surface area contributed by atoms with Gasteiger partial charge >= 0.3 is 0 Å². The number of thioether (sulfide) groups is 1. The Labute approximate surface area is 183 Å². The molecule has 0 unspecified atom stereocenters. The van der Waals surface area contributed by atoms with Crippen LogP contribution < -0.4 is 5.32 Å². The highest BCUT2D eigenvalue weighted by molar-refractivity contribution is 7.98. The Morgan fingerprint density at radius 1 is 1.07 bits per heavy atom. The normalized spacial score (nSPS) is 11.5. The molecule has 146 valence electrons. The van der Waals surface area contributed by atoms with Crippen LogP contribution in [0.5, 0.6) is 0 Å². The minimum absolute atomic E-state index is 0.153. The Balaban J connectivity index is 1.57. The molecule has 0 saturated heterocycles. The van der Waals surface area contributed by atoms with Gasteiger partial charge in [-0.3, -0.25) is 4.79 Å². The van der Waals surface area contributed by atoms with Crippen LogP contribution in [-0.4, -0.2) is 10.3 Å². The number of nitrogens with one attached hydrogen (secondary N) is 1. The molecule has 1 heterocycles. The first kappa shape index (κ1) is 21.2. The molecule has 2 aromatic carbocycles. The van der Waals surface area contributed by atoms with Crippen molar-refractivity contribution in [2.45, 2.75) is 36.8 Å². The summed E-state index contributed by atoms with van der Waals surface area (Å²) in [6.45, 7) is 6.65. The lowest BCUT2D eigenvalue weighted by Gasteiger charge is -2.19. The Kier molecular flexibility index (Phi) is 6.71. The van der Waals surface area contributed by atoms with E-state index in [9.17, 15) is 4.79 Å². The molecular weight excluding hydrogens is 431 g/mol. The Hall–Kier alpha value is -1.53. The average Bonchev–Trinajstić information content (AvgIpc) is 3.00. The number of benzene rings is 2. The van der Waals surface area contributed by atoms with E-state index in [1.165, 1.54) is 16.0 Å². The van der Waals surface area contributed by atoms with E-state index in [4.69, 9.17) is 23.2 Å². The highest BCUT2D eigenvalue weighted by Crippen LogP contribution is 2.30. The van der Waals surface area contributed by atoms with E-state index < -0.39 is 0 Å². The number of anilines is 1. The zero-order chi connectivity index (χ0) is 20.3. The summed E-state index contributed by atoms with van der Waals surface area (Å²) in [6.07, 6.45) is 0. The van der Waals surface area contributed by atoms with Crippen LogP contribution in [-0.2, 0) is 11.2 Å². The predicted molar refractivity (Wildman–Crippen MR) is 121 cm³/mol. The van der Waals surface area contributed by atoms with E-state index in [-0.39, 0.29) is 21.5 Å². The van der Waals surface area contributed by atoms with Crippen LogP contribution in [0.4, 0.5) is 5.69 Å². The van der Waals surface area contributed by atoms with Crippen molar-refractivity contribution in [2.75, 3.05) is 5.32 Å². The summed E-state index contributed by atoms with van der Waals surface area (Å²) in [4.78, 5) is 13.8. The summed E-state index contributed by atoms with van der Waals surface area (Å²) in [5.74, 6) is 0.551. The third-order valence-electron chi connectivity index (χ3n) is 4.14. The quantitative estimate of drug-likeness (QED) is 0.414. The van der Waals surface area contributed by atoms with Crippen molar-refractivity contribution in [1.29, 1.82) is 0 Å². The lowest BCUT2D eigenvalue weighted by Crippen LogP contribution is -2.10. The van der Waals surface area contributed by atoms with Crippen molar-refractivity contribution in [3.05, 3.63) is 74.7 Å². The summed E-state index contributed by atoms with van der Waals surface area (Å²) in [5, 5.41) is 3.16. The summed E-state index contributed by atoms with van der Waals surface area (Å²) >= 11 is 14.6. The number of hydrogen-bond acceptors (Lipinski definition) is 4. The minimum atomic E-state index is -0.310. The SMILES string of the molecule is CC(C)(C)c1ccc(SCc2ccc(NC(=O)c3snc(Cl)c3Cl)cc2)cc1. The first-order valence-corrected chi connectivity index (χ1v) is 11.2. The molecular formula is C21H20Cl2N2OS2. The standard InChI is InChI=1S/C21H20Cl2N2OS2/c1-21(2,3)14-6-10-16(11-7-14)27-12-13-4-8-15(9-5-13)24-20(26)18-17(22)19(23)25-28-18/h4-11H,12H2,1-3H3,(H,24,26). The van der Waals surface area contributed by atoms with Crippen molar-refractivity contribution in [1.82, 2.24) is 4.37 Å². The van der Waals surface area contributed by atoms with Crippen LogP contribution in [0.15, 0.2) is 53.4 Å². The van der Waals surface area contributed by atoms with Crippen LogP contribution in [0.3, 0.4) is 0 Å². The highest BCUT2D eigenvalue weighted by Gasteiger charge is 2.17. The van der Waals surface area contributed by atoms with E-state index in [1.807, 2.05) is 24.3 Å². The largest absolute Gasteiger partial charge is 0.321 e. The van der Waals surface area contributed by atoms with Gasteiger partial charge in [0.2, 0.25) is 0 Å². The minimum Gasteiger partial charge on any atom is -0.321 e. The Morgan fingerprint density at radius 2 is 1.71 bits per heavy atom. The summed E-state index contributed by atoms with van der Waals surface area (Å²) in [7, 11) is 0. The Morgan fingerprint density at radius 3 is 2.25 bits per heavy atom. The molecule has 0 aliphatic heterocycles. The molecule has 0 spiro atoms. The first-order valence-electron chi connectivity index (χ1n) is 8.68. The molecule has 1 N–H and O–H groups in total. The molecule has 0 aliphatic carbocycles. The van der Waals surface area contributed by atoms with Crippen molar-refractivity contribution in [2.24, 2.45) is 0 Å². The number of nitrogens with zero attached hydrogens (tertiary/aromatic N) is 1. The van der Waals surface area contributed by atoms with Gasteiger partial charge in [0.05, 0.1) is 0 Å². The fourth-order valence-corrected chi connectivity index (χ4v) is 4.45. The topological polar surface area (TPSA) is 42.0 Å². The number of halogens is 2. The second-order valence-corrected chi connectivity index (χ2v) is 9.89. The predicted octanol–water partition coefficient (Wildman–Crippen LogP) is 7.29. The smallest absolute Gasteiger partial charge is 0.268 e. The van der Waals surface area contributed by atoms with Crippen molar-refractivity contribution in [3.8, 4) is 0 Å². The molecule has 0 bridgehead atoms. The lowest BCUT2D eigenvalue weighted by molar-refractivity contribution is 0.103. The Bertz CT molecular complexity index is 962. The molecule has 3 aromatic rings. The number of rotatable bonds is 5. The van der Waals surface area contributed by atoms with Crippen LogP contribution >= 0.6 is 46.5 Å². The zero-order valence-electron chi connectivity index (χ0n) is 15.8. The maximum absolute atomic E-state index is 12.3. The fraction of sp³-hybridized carbons (Fsp3) is 0.238. The molecule has 0 radical (unpaired) electrons. The van der Waals surface area contributed by atoms with E-state index in [1.54, 1.807) is 11.8 Å². The van der Waals surface area contributed by atoms with Crippen molar-refractivity contribution >= 4 is 58.1 Å². The molecule has 3 nitrogen and oxygen atoms in total. The molecule has 1 aromatic heterocycles. The maximum atomic E-state index is 12.3. The third kappa shape index (κ3) is 5.29. The molecule has 1 amide bonds. The monoisotopic (exact) mass is 450 g/mol. The molecule has 28 heavy (non-hydrogen) atoms. The van der Waals surface area contributed by atoms with Crippen LogP contribution in [0.25, 0.3) is 0 Å². The zero-order valence-corrected chi connectivity index (χ0v) is 18.9. The van der Waals surface area contributed by atoms with Gasteiger partial charge in [-0.2, -0.15) is 4.37 Å². The summed E-state index contributed by atoms with van der Waals surface area (Å²) < 4.78 is 3.88. The van der Waals surface area contributed by atoms with Crippen LogP contribution in [0.1, 0.15) is 41.6 Å². The van der Waals surface area contributed by atoms with Gasteiger partial charge in [0.15, 0.2) is 5.15 Å². The third-order valence-corrected chi connectivity index (χ3v) is 7.02. The second-order valence-electron chi connectivity index (χ2n) is 7.33. The number of carbonyl (C=O) groups is 1. The van der Waals surface area contributed by atoms with Gasteiger partial charge in [0.25, 0.3) is 5.91 Å². The van der Waals surface area contributed by atoms with Gasteiger partial charge in [-0.25, -0.2) is 0 Å². The van der Waals surface area contributed by atoms with E-state index in [2.05, 4.69) is 54.7 Å². The number of hydrogen-bond donors (Lipinski definition) is 1. The van der Waals surface area contributed by atoms with Gasteiger partial charge in [-0.15, -0.1) is 11.8 Å². The highest BCUT2D eigenvalue weighted by atomic mass is 35.5. The maximum Gasteiger partial charge on any atom is 0.268 e. The van der Waals surface area contributed by atoms with E-state index in [0.29, 0.717) is 10.6 Å². The summed E-state index contributed by atoms with van der Waals surface area (Å²) in [5.41, 5.74) is 3.38. The van der Waals surface area contributed by atoms with Crippen molar-refractivity contribution in [3.63, 3.8) is 0 Å². The number of aromatic nitrogens is 1. The van der Waals surface area contributed by atoms with E-state index >= 15 is 0 Å². The molecule has 7 heteroatoms. The molecule has 0 fully saturated rings. The fourth-order valence-electron chi connectivity index (χ4n) is 2.49. The van der Waals surface area contributed by atoms with Gasteiger partial charge < -0.3 is 5.32 Å². The molecule has 0 saturated carbocycles. The number of carbonyl (C=O) groups excluding carboxylic acids is 1. The first-order chi connectivity index (χ1) is 13.2. The molecule has 0 atom stereocenters.